The van der Waals surface area contributed by atoms with Crippen LogP contribution in [0.2, 0.25) is 5.02 Å². The molecule has 0 heterocycles. The molecule has 0 saturated heterocycles. The number of sulfonamides is 1. The summed E-state index contributed by atoms with van der Waals surface area (Å²) in [6.45, 7) is 5.11. The monoisotopic (exact) mass is 527 g/mol. The molecule has 0 aliphatic heterocycles. The number of carbonyl (C=O) groups excluding carboxylic acids is 2. The maximum Gasteiger partial charge on any atom is 0.264 e. The topological polar surface area (TPSA) is 86.8 Å². The van der Waals surface area contributed by atoms with Crippen molar-refractivity contribution in [2.45, 2.75) is 38.3 Å². The number of benzene rings is 3. The fraction of sp³-hybridized carbons (Fsp3) is 0.259. The van der Waals surface area contributed by atoms with Gasteiger partial charge in [-0.2, -0.15) is 0 Å². The molecule has 1 unspecified atom stereocenters. The fourth-order valence-electron chi connectivity index (χ4n) is 3.74. The Morgan fingerprint density at radius 3 is 2.14 bits per heavy atom. The van der Waals surface area contributed by atoms with Crippen LogP contribution in [0.25, 0.3) is 0 Å². The smallest absolute Gasteiger partial charge is 0.264 e. The second-order valence-electron chi connectivity index (χ2n) is 8.54. The Bertz CT molecular complexity index is 1330. The van der Waals surface area contributed by atoms with Crippen LogP contribution in [0.5, 0.6) is 0 Å². The van der Waals surface area contributed by atoms with Crippen LogP contribution in [-0.4, -0.2) is 44.8 Å². The first-order chi connectivity index (χ1) is 17.0. The first kappa shape index (κ1) is 27.2. The molecule has 190 valence electrons. The number of likely N-dealkylation sites (N-methyl/N-ethyl adjacent to an activating group) is 1. The summed E-state index contributed by atoms with van der Waals surface area (Å²) >= 11 is 5.96. The summed E-state index contributed by atoms with van der Waals surface area (Å²) in [5.41, 5.74) is 3.11. The van der Waals surface area contributed by atoms with Crippen LogP contribution in [0.3, 0.4) is 0 Å². The number of nitrogens with one attached hydrogen (secondary N) is 1. The van der Waals surface area contributed by atoms with E-state index >= 15 is 0 Å². The Labute approximate surface area is 217 Å². The molecule has 0 aliphatic carbocycles. The summed E-state index contributed by atoms with van der Waals surface area (Å²) in [5, 5.41) is 2.97. The van der Waals surface area contributed by atoms with E-state index in [4.69, 9.17) is 11.6 Å². The molecule has 2 amide bonds. The van der Waals surface area contributed by atoms with Gasteiger partial charge in [-0.25, -0.2) is 8.42 Å². The molecule has 0 aliphatic rings. The third-order valence-corrected chi connectivity index (χ3v) is 8.06. The maximum absolute atomic E-state index is 13.7. The van der Waals surface area contributed by atoms with E-state index in [0.29, 0.717) is 10.7 Å². The number of nitrogens with zero attached hydrogens (tertiary/aromatic N) is 2. The minimum Gasteiger partial charge on any atom is -0.357 e. The molecule has 0 fully saturated rings. The highest BCUT2D eigenvalue weighted by Gasteiger charge is 2.32. The molecule has 3 aromatic rings. The van der Waals surface area contributed by atoms with Crippen LogP contribution in [0, 0.1) is 13.8 Å². The number of anilines is 1. The third kappa shape index (κ3) is 6.25. The van der Waals surface area contributed by atoms with Crippen LogP contribution in [-0.2, 0) is 26.2 Å². The Balaban J connectivity index is 2.03. The van der Waals surface area contributed by atoms with E-state index in [2.05, 4.69) is 5.32 Å². The average Bonchev–Trinajstić information content (AvgIpc) is 2.86. The lowest BCUT2D eigenvalue weighted by Gasteiger charge is -2.32. The highest BCUT2D eigenvalue weighted by Crippen LogP contribution is 2.26. The summed E-state index contributed by atoms with van der Waals surface area (Å²) in [6, 6.07) is 19.4. The van der Waals surface area contributed by atoms with Crippen molar-refractivity contribution in [3.63, 3.8) is 0 Å². The van der Waals surface area contributed by atoms with Crippen LogP contribution in [0.15, 0.2) is 77.7 Å². The lowest BCUT2D eigenvalue weighted by molar-refractivity contribution is -0.139. The lowest BCUT2D eigenvalue weighted by Crippen LogP contribution is -2.50. The molecule has 3 aromatic carbocycles. The third-order valence-electron chi connectivity index (χ3n) is 6.02. The molecule has 1 atom stereocenters. The largest absolute Gasteiger partial charge is 0.357 e. The molecule has 0 bridgehead atoms. The first-order valence-electron chi connectivity index (χ1n) is 11.4. The molecule has 3 rings (SSSR count). The highest BCUT2D eigenvalue weighted by molar-refractivity contribution is 7.92. The first-order valence-corrected chi connectivity index (χ1v) is 13.3. The predicted molar refractivity (Wildman–Crippen MR) is 142 cm³/mol. The normalized spacial score (nSPS) is 12.0. The van der Waals surface area contributed by atoms with E-state index in [1.165, 1.54) is 36.2 Å². The maximum atomic E-state index is 13.7. The fourth-order valence-corrected chi connectivity index (χ4v) is 5.28. The summed E-state index contributed by atoms with van der Waals surface area (Å²) in [6.07, 6.45) is 0. The summed E-state index contributed by atoms with van der Waals surface area (Å²) < 4.78 is 28.5. The summed E-state index contributed by atoms with van der Waals surface area (Å²) in [4.78, 5) is 27.7. The van der Waals surface area contributed by atoms with Crippen molar-refractivity contribution in [2.75, 3.05) is 17.9 Å². The van der Waals surface area contributed by atoms with Gasteiger partial charge < -0.3 is 10.2 Å². The van der Waals surface area contributed by atoms with Crippen molar-refractivity contribution in [1.29, 1.82) is 0 Å². The molecule has 9 heteroatoms. The van der Waals surface area contributed by atoms with Gasteiger partial charge in [0.1, 0.15) is 12.6 Å². The highest BCUT2D eigenvalue weighted by atomic mass is 35.5. The van der Waals surface area contributed by atoms with Gasteiger partial charge in [0.05, 0.1) is 10.6 Å². The molecule has 0 spiro atoms. The van der Waals surface area contributed by atoms with Gasteiger partial charge in [-0.05, 0) is 68.3 Å². The minimum absolute atomic E-state index is 0.00470. The molecule has 36 heavy (non-hydrogen) atoms. The number of rotatable bonds is 9. The zero-order valence-corrected chi connectivity index (χ0v) is 22.3. The van der Waals surface area contributed by atoms with Gasteiger partial charge >= 0.3 is 0 Å². The van der Waals surface area contributed by atoms with Gasteiger partial charge in [0, 0.05) is 18.6 Å². The number of hydrogen-bond donors (Lipinski definition) is 1. The van der Waals surface area contributed by atoms with Crippen LogP contribution < -0.4 is 9.62 Å². The number of halogens is 1. The minimum atomic E-state index is -4.12. The van der Waals surface area contributed by atoms with Crippen LogP contribution in [0.4, 0.5) is 5.69 Å². The quantitative estimate of drug-likeness (QED) is 0.449. The van der Waals surface area contributed by atoms with E-state index in [1.54, 1.807) is 31.2 Å². The van der Waals surface area contributed by atoms with Gasteiger partial charge in [-0.15, -0.1) is 0 Å². The average molecular weight is 528 g/mol. The Morgan fingerprint density at radius 2 is 1.56 bits per heavy atom. The molecule has 1 N–H and O–H groups in total. The van der Waals surface area contributed by atoms with E-state index in [1.807, 2.05) is 38.1 Å². The SMILES string of the molecule is CNC(=O)C(C)N(Cc1ccccc1C)C(=O)CN(c1ccc(C)cc1)S(=O)(=O)c1ccc(Cl)cc1. The molecule has 0 radical (unpaired) electrons. The van der Waals surface area contributed by atoms with Crippen LogP contribution >= 0.6 is 11.6 Å². The number of hydrogen-bond acceptors (Lipinski definition) is 4. The van der Waals surface area contributed by atoms with Gasteiger partial charge in [-0.3, -0.25) is 13.9 Å². The molecular weight excluding hydrogens is 498 g/mol. The lowest BCUT2D eigenvalue weighted by atomic mass is 10.1. The predicted octanol–water partition coefficient (Wildman–Crippen LogP) is 4.32. The van der Waals surface area contributed by atoms with Gasteiger partial charge in [0.2, 0.25) is 11.8 Å². The number of carbonyl (C=O) groups is 2. The van der Waals surface area contributed by atoms with Crippen molar-refractivity contribution < 1.29 is 18.0 Å². The van der Waals surface area contributed by atoms with Crippen molar-refractivity contribution >= 4 is 39.1 Å². The van der Waals surface area contributed by atoms with Gasteiger partial charge in [-0.1, -0.05) is 53.6 Å². The number of aryl methyl sites for hydroxylation is 2. The van der Waals surface area contributed by atoms with E-state index in [-0.39, 0.29) is 17.3 Å². The molecule has 0 saturated carbocycles. The van der Waals surface area contributed by atoms with Crippen molar-refractivity contribution in [3.8, 4) is 0 Å². The number of amides is 2. The second-order valence-corrected chi connectivity index (χ2v) is 10.8. The van der Waals surface area contributed by atoms with E-state index < -0.39 is 28.5 Å². The van der Waals surface area contributed by atoms with Gasteiger partial charge in [0.15, 0.2) is 0 Å². The Hall–Kier alpha value is -3.36. The second kappa shape index (κ2) is 11.6. The van der Waals surface area contributed by atoms with Gasteiger partial charge in [0.25, 0.3) is 10.0 Å². The zero-order chi connectivity index (χ0) is 26.5. The summed E-state index contributed by atoms with van der Waals surface area (Å²) in [5.74, 6) is -0.855. The Morgan fingerprint density at radius 1 is 0.944 bits per heavy atom. The van der Waals surface area contributed by atoms with E-state index in [9.17, 15) is 18.0 Å². The summed E-state index contributed by atoms with van der Waals surface area (Å²) in [7, 11) is -2.62. The Kier molecular flexibility index (Phi) is 8.76. The zero-order valence-electron chi connectivity index (χ0n) is 20.7. The van der Waals surface area contributed by atoms with Crippen molar-refractivity contribution in [1.82, 2.24) is 10.2 Å². The van der Waals surface area contributed by atoms with E-state index in [0.717, 1.165) is 21.0 Å². The van der Waals surface area contributed by atoms with Crippen molar-refractivity contribution in [2.24, 2.45) is 0 Å². The molecule has 7 nitrogen and oxygen atoms in total. The standard InChI is InChI=1S/C27H30ClN3O4S/c1-19-9-13-24(14-10-19)31(36(34,35)25-15-11-23(28)12-16-25)18-26(32)30(21(3)27(33)29-4)17-22-8-6-5-7-20(22)2/h5-16,21H,17-18H2,1-4H3,(H,29,33). The van der Waals surface area contributed by atoms with Crippen LogP contribution in [0.1, 0.15) is 23.6 Å². The molecular formula is C27H30ClN3O4S. The van der Waals surface area contributed by atoms with Crippen molar-refractivity contribution in [3.05, 3.63) is 94.5 Å². The molecule has 0 aromatic heterocycles.